The summed E-state index contributed by atoms with van der Waals surface area (Å²) in [4.78, 5) is 4.52. The predicted octanol–water partition coefficient (Wildman–Crippen LogP) is 5.44. The summed E-state index contributed by atoms with van der Waals surface area (Å²) < 4.78 is 2.16. The number of alkyl halides is 1. The van der Waals surface area contributed by atoms with Crippen LogP contribution in [0.2, 0.25) is 10.0 Å². The number of hydrogen-bond donors (Lipinski definition) is 0. The first-order valence-electron chi connectivity index (χ1n) is 6.00. The van der Waals surface area contributed by atoms with Crippen LogP contribution in [0.3, 0.4) is 0 Å². The number of benzene rings is 1. The van der Waals surface area contributed by atoms with Gasteiger partial charge in [0.25, 0.3) is 0 Å². The van der Waals surface area contributed by atoms with E-state index in [0.717, 1.165) is 29.7 Å². The van der Waals surface area contributed by atoms with Crippen molar-refractivity contribution in [2.24, 2.45) is 0 Å². The maximum absolute atomic E-state index is 6.09. The van der Waals surface area contributed by atoms with E-state index in [1.54, 1.807) is 6.07 Å². The smallest absolute Gasteiger partial charge is 0.125 e. The van der Waals surface area contributed by atoms with Gasteiger partial charge in [0.2, 0.25) is 0 Å². The van der Waals surface area contributed by atoms with E-state index in [0.29, 0.717) is 22.0 Å². The third kappa shape index (κ3) is 2.47. The van der Waals surface area contributed by atoms with Gasteiger partial charge in [0.05, 0.1) is 27.0 Å². The maximum Gasteiger partial charge on any atom is 0.125 e. The lowest BCUT2D eigenvalue weighted by molar-refractivity contribution is 0.500. The SMILES string of the molecule is CCCC(C)n1c(CCl)nc2cc(Cl)c(Cl)cc21. The van der Waals surface area contributed by atoms with Crippen LogP contribution < -0.4 is 0 Å². The Bertz CT molecular complexity index is 563. The number of halogens is 3. The molecule has 0 spiro atoms. The van der Waals surface area contributed by atoms with Crippen LogP contribution in [-0.4, -0.2) is 9.55 Å². The van der Waals surface area contributed by atoms with Gasteiger partial charge in [-0.25, -0.2) is 4.98 Å². The van der Waals surface area contributed by atoms with Gasteiger partial charge in [-0.3, -0.25) is 0 Å². The average Bonchev–Trinajstić information content (AvgIpc) is 2.68. The molecule has 2 nitrogen and oxygen atoms in total. The molecule has 5 heteroatoms. The van der Waals surface area contributed by atoms with E-state index in [1.807, 2.05) is 6.07 Å². The Morgan fingerprint density at radius 2 is 1.94 bits per heavy atom. The highest BCUT2D eigenvalue weighted by Crippen LogP contribution is 2.31. The molecule has 1 unspecified atom stereocenters. The van der Waals surface area contributed by atoms with E-state index >= 15 is 0 Å². The van der Waals surface area contributed by atoms with E-state index in [-0.39, 0.29) is 0 Å². The zero-order valence-corrected chi connectivity index (χ0v) is 12.6. The van der Waals surface area contributed by atoms with E-state index in [9.17, 15) is 0 Å². The molecule has 0 N–H and O–H groups in total. The second-order valence-electron chi connectivity index (χ2n) is 4.42. The van der Waals surface area contributed by atoms with Gasteiger partial charge in [0, 0.05) is 6.04 Å². The Morgan fingerprint density at radius 3 is 2.56 bits per heavy atom. The molecule has 0 aliphatic rings. The topological polar surface area (TPSA) is 17.8 Å². The summed E-state index contributed by atoms with van der Waals surface area (Å²) in [7, 11) is 0. The second-order valence-corrected chi connectivity index (χ2v) is 5.51. The summed E-state index contributed by atoms with van der Waals surface area (Å²) >= 11 is 18.1. The molecule has 0 radical (unpaired) electrons. The highest BCUT2D eigenvalue weighted by Gasteiger charge is 2.16. The van der Waals surface area contributed by atoms with Crippen molar-refractivity contribution in [3.8, 4) is 0 Å². The fraction of sp³-hybridized carbons (Fsp3) is 0.462. The maximum atomic E-state index is 6.09. The van der Waals surface area contributed by atoms with E-state index in [1.165, 1.54) is 0 Å². The lowest BCUT2D eigenvalue weighted by Crippen LogP contribution is -2.08. The summed E-state index contributed by atoms with van der Waals surface area (Å²) in [5.74, 6) is 1.25. The van der Waals surface area contributed by atoms with Crippen molar-refractivity contribution in [2.75, 3.05) is 0 Å². The molecule has 98 valence electrons. The van der Waals surface area contributed by atoms with Crippen LogP contribution in [-0.2, 0) is 5.88 Å². The van der Waals surface area contributed by atoms with Gasteiger partial charge < -0.3 is 4.57 Å². The molecule has 0 fully saturated rings. The van der Waals surface area contributed by atoms with Crippen LogP contribution in [0.4, 0.5) is 0 Å². The monoisotopic (exact) mass is 304 g/mol. The standard InChI is InChI=1S/C13H15Cl3N2/c1-3-4-8(2)18-12-6-10(16)9(15)5-11(12)17-13(18)7-14/h5-6,8H,3-4,7H2,1-2H3. The Labute approximate surface area is 122 Å². The zero-order chi connectivity index (χ0) is 13.3. The van der Waals surface area contributed by atoms with Gasteiger partial charge in [0.1, 0.15) is 5.82 Å². The molecule has 0 aliphatic carbocycles. The van der Waals surface area contributed by atoms with E-state index < -0.39 is 0 Å². The van der Waals surface area contributed by atoms with Gasteiger partial charge in [0.15, 0.2) is 0 Å². The minimum absolute atomic E-state index is 0.353. The molecule has 0 amide bonds. The first-order valence-corrected chi connectivity index (χ1v) is 7.29. The Morgan fingerprint density at radius 1 is 1.28 bits per heavy atom. The van der Waals surface area contributed by atoms with Crippen molar-refractivity contribution in [3.05, 3.63) is 28.0 Å². The lowest BCUT2D eigenvalue weighted by atomic mass is 10.2. The molecule has 0 aliphatic heterocycles. The van der Waals surface area contributed by atoms with Crippen molar-refractivity contribution >= 4 is 45.8 Å². The number of nitrogens with zero attached hydrogens (tertiary/aromatic N) is 2. The molecule has 0 saturated carbocycles. The summed E-state index contributed by atoms with van der Waals surface area (Å²) in [6.45, 7) is 4.34. The Hall–Kier alpha value is -0.440. The van der Waals surface area contributed by atoms with Crippen molar-refractivity contribution < 1.29 is 0 Å². The van der Waals surface area contributed by atoms with Crippen LogP contribution in [0.15, 0.2) is 12.1 Å². The van der Waals surface area contributed by atoms with Crippen LogP contribution in [0.5, 0.6) is 0 Å². The van der Waals surface area contributed by atoms with Gasteiger partial charge >= 0.3 is 0 Å². The molecule has 0 bridgehead atoms. The summed E-state index contributed by atoms with van der Waals surface area (Å²) in [6, 6.07) is 4.02. The number of imidazole rings is 1. The fourth-order valence-electron chi connectivity index (χ4n) is 2.27. The van der Waals surface area contributed by atoms with Crippen molar-refractivity contribution in [2.45, 2.75) is 38.6 Å². The molecule has 18 heavy (non-hydrogen) atoms. The number of hydrogen-bond acceptors (Lipinski definition) is 1. The van der Waals surface area contributed by atoms with E-state index in [4.69, 9.17) is 34.8 Å². The normalized spacial score (nSPS) is 13.2. The largest absolute Gasteiger partial charge is 0.324 e. The third-order valence-electron chi connectivity index (χ3n) is 3.07. The number of rotatable bonds is 4. The van der Waals surface area contributed by atoms with Gasteiger partial charge in [-0.15, -0.1) is 11.6 Å². The average molecular weight is 306 g/mol. The lowest BCUT2D eigenvalue weighted by Gasteiger charge is -2.16. The highest BCUT2D eigenvalue weighted by atomic mass is 35.5. The van der Waals surface area contributed by atoms with Crippen LogP contribution in [0.25, 0.3) is 11.0 Å². The second kappa shape index (κ2) is 5.68. The van der Waals surface area contributed by atoms with Gasteiger partial charge in [-0.05, 0) is 25.5 Å². The summed E-state index contributed by atoms with van der Waals surface area (Å²) in [5, 5.41) is 1.08. The Kier molecular flexibility index (Phi) is 4.41. The molecule has 0 saturated heterocycles. The molecule has 1 aromatic carbocycles. The van der Waals surface area contributed by atoms with Gasteiger partial charge in [-0.2, -0.15) is 0 Å². The first kappa shape index (κ1) is 14.0. The summed E-state index contributed by atoms with van der Waals surface area (Å²) in [6.07, 6.45) is 2.19. The minimum atomic E-state index is 0.353. The van der Waals surface area contributed by atoms with Gasteiger partial charge in [-0.1, -0.05) is 36.5 Å². The van der Waals surface area contributed by atoms with Crippen LogP contribution in [0.1, 0.15) is 38.6 Å². The molecule has 1 heterocycles. The minimum Gasteiger partial charge on any atom is -0.324 e. The molecule has 2 rings (SSSR count). The molecule has 1 aromatic heterocycles. The van der Waals surface area contributed by atoms with E-state index in [2.05, 4.69) is 23.4 Å². The van der Waals surface area contributed by atoms with Crippen molar-refractivity contribution in [3.63, 3.8) is 0 Å². The fourth-order valence-corrected chi connectivity index (χ4v) is 2.78. The zero-order valence-electron chi connectivity index (χ0n) is 10.4. The molecular weight excluding hydrogens is 291 g/mol. The van der Waals surface area contributed by atoms with Crippen LogP contribution in [0, 0.1) is 0 Å². The molecule has 2 aromatic rings. The number of aromatic nitrogens is 2. The molecule has 1 atom stereocenters. The Balaban J connectivity index is 2.64. The predicted molar refractivity (Wildman–Crippen MR) is 78.9 cm³/mol. The third-order valence-corrected chi connectivity index (χ3v) is 4.03. The van der Waals surface area contributed by atoms with Crippen LogP contribution >= 0.6 is 34.8 Å². The van der Waals surface area contributed by atoms with Crippen molar-refractivity contribution in [1.82, 2.24) is 9.55 Å². The first-order chi connectivity index (χ1) is 8.58. The quantitative estimate of drug-likeness (QED) is 0.687. The summed E-state index contributed by atoms with van der Waals surface area (Å²) in [5.41, 5.74) is 1.85. The number of fused-ring (bicyclic) bond motifs is 1. The molecular formula is C13H15Cl3N2. The van der Waals surface area contributed by atoms with Crippen molar-refractivity contribution in [1.29, 1.82) is 0 Å². The highest BCUT2D eigenvalue weighted by molar-refractivity contribution is 6.42.